The first kappa shape index (κ1) is 19.9. The topological polar surface area (TPSA) is 68.5 Å². The van der Waals surface area contributed by atoms with E-state index in [4.69, 9.17) is 9.15 Å². The zero-order valence-corrected chi connectivity index (χ0v) is 17.3. The average Bonchev–Trinajstić information content (AvgIpc) is 3.41. The number of hydrogen-bond acceptors (Lipinski definition) is 5. The van der Waals surface area contributed by atoms with E-state index < -0.39 is 5.97 Å². The molecule has 0 saturated carbocycles. The molecule has 5 nitrogen and oxygen atoms in total. The number of rotatable bonds is 7. The van der Waals surface area contributed by atoms with E-state index in [0.29, 0.717) is 0 Å². The lowest BCUT2D eigenvalue weighted by molar-refractivity contribution is -0.148. The predicted octanol–water partition coefficient (Wildman–Crippen LogP) is 4.79. The first-order chi connectivity index (χ1) is 14.6. The summed E-state index contributed by atoms with van der Waals surface area (Å²) in [6, 6.07) is 19.2. The molecule has 0 spiro atoms. The zero-order valence-electron chi connectivity index (χ0n) is 16.5. The molecule has 2 aromatic heterocycles. The summed E-state index contributed by atoms with van der Waals surface area (Å²) in [5.41, 5.74) is 3.54. The number of benzene rings is 2. The normalized spacial score (nSPS) is 11.9. The molecule has 1 N–H and O–H groups in total. The van der Waals surface area contributed by atoms with Gasteiger partial charge >= 0.3 is 5.97 Å². The van der Waals surface area contributed by atoms with Gasteiger partial charge in [0, 0.05) is 15.8 Å². The molecule has 0 aliphatic heterocycles. The van der Waals surface area contributed by atoms with E-state index in [1.165, 1.54) is 0 Å². The van der Waals surface area contributed by atoms with Crippen LogP contribution in [0.25, 0.3) is 11.0 Å². The molecule has 2 aromatic carbocycles. The molecule has 152 valence electrons. The van der Waals surface area contributed by atoms with Crippen molar-refractivity contribution in [1.29, 1.82) is 0 Å². The van der Waals surface area contributed by atoms with Crippen LogP contribution in [0.3, 0.4) is 0 Å². The molecule has 1 atom stereocenters. The number of carbonyl (C=O) groups excluding carboxylic acids is 2. The third-order valence-electron chi connectivity index (χ3n) is 4.78. The summed E-state index contributed by atoms with van der Waals surface area (Å²) in [5.74, 6) is -0.820. The molecule has 6 heteroatoms. The SMILES string of the molecule is Cc1ccc2c(CC(=O)OCC(=O)N[C@@H](c3ccccc3)c3cccs3)coc2c1. The van der Waals surface area contributed by atoms with Crippen LogP contribution in [-0.2, 0) is 20.7 Å². The van der Waals surface area contributed by atoms with Crippen LogP contribution >= 0.6 is 11.3 Å². The number of esters is 1. The van der Waals surface area contributed by atoms with E-state index in [9.17, 15) is 9.59 Å². The van der Waals surface area contributed by atoms with Crippen molar-refractivity contribution in [2.45, 2.75) is 19.4 Å². The van der Waals surface area contributed by atoms with E-state index in [1.807, 2.05) is 73.0 Å². The molecule has 0 fully saturated rings. The van der Waals surface area contributed by atoms with E-state index in [2.05, 4.69) is 5.32 Å². The monoisotopic (exact) mass is 419 g/mol. The second kappa shape index (κ2) is 8.97. The molecule has 4 rings (SSSR count). The van der Waals surface area contributed by atoms with Gasteiger partial charge in [0.05, 0.1) is 18.7 Å². The van der Waals surface area contributed by atoms with Crippen molar-refractivity contribution in [2.24, 2.45) is 0 Å². The highest BCUT2D eigenvalue weighted by Gasteiger charge is 2.19. The summed E-state index contributed by atoms with van der Waals surface area (Å²) < 4.78 is 10.7. The Morgan fingerprint density at radius 2 is 1.93 bits per heavy atom. The molecule has 0 radical (unpaired) electrons. The fourth-order valence-corrected chi connectivity index (χ4v) is 4.10. The fourth-order valence-electron chi connectivity index (χ4n) is 3.30. The number of ether oxygens (including phenoxy) is 1. The highest BCUT2D eigenvalue weighted by Crippen LogP contribution is 2.26. The van der Waals surface area contributed by atoms with Crippen LogP contribution in [0.4, 0.5) is 0 Å². The van der Waals surface area contributed by atoms with Gasteiger partial charge in [-0.15, -0.1) is 11.3 Å². The molecule has 0 unspecified atom stereocenters. The molecule has 1 amide bonds. The standard InChI is InChI=1S/C24H21NO4S/c1-16-9-10-19-18(14-28-20(19)12-16)13-23(27)29-15-22(26)25-24(21-8-5-11-30-21)17-6-3-2-4-7-17/h2-12,14,24H,13,15H2,1H3,(H,25,26)/t24-/m0/s1. The largest absolute Gasteiger partial charge is 0.464 e. The number of fused-ring (bicyclic) bond motifs is 1. The van der Waals surface area contributed by atoms with Gasteiger partial charge < -0.3 is 14.5 Å². The number of nitrogens with one attached hydrogen (secondary N) is 1. The van der Waals surface area contributed by atoms with E-state index in [-0.39, 0.29) is 25.0 Å². The van der Waals surface area contributed by atoms with E-state index in [0.717, 1.165) is 32.5 Å². The molecule has 0 aliphatic rings. The Hall–Kier alpha value is -3.38. The smallest absolute Gasteiger partial charge is 0.310 e. The summed E-state index contributed by atoms with van der Waals surface area (Å²) in [4.78, 5) is 25.8. The lowest BCUT2D eigenvalue weighted by Crippen LogP contribution is -2.32. The Bertz CT molecular complexity index is 1150. The molecule has 0 saturated heterocycles. The Morgan fingerprint density at radius 1 is 1.10 bits per heavy atom. The second-order valence-corrected chi connectivity index (χ2v) is 8.00. The van der Waals surface area contributed by atoms with Gasteiger partial charge in [-0.3, -0.25) is 9.59 Å². The van der Waals surface area contributed by atoms with Crippen LogP contribution in [0.2, 0.25) is 0 Å². The summed E-state index contributed by atoms with van der Waals surface area (Å²) in [5, 5.41) is 5.81. The Balaban J connectivity index is 1.37. The molecule has 30 heavy (non-hydrogen) atoms. The number of carbonyl (C=O) groups is 2. The van der Waals surface area contributed by atoms with Gasteiger partial charge in [0.1, 0.15) is 5.58 Å². The van der Waals surface area contributed by atoms with Crippen molar-refractivity contribution in [2.75, 3.05) is 6.61 Å². The summed E-state index contributed by atoms with van der Waals surface area (Å²) in [6.45, 7) is 1.65. The van der Waals surface area contributed by atoms with E-state index >= 15 is 0 Å². The fraction of sp³-hybridized carbons (Fsp3) is 0.167. The minimum atomic E-state index is -0.471. The number of aryl methyl sites for hydroxylation is 1. The number of amides is 1. The van der Waals surface area contributed by atoms with Crippen molar-refractivity contribution >= 4 is 34.2 Å². The van der Waals surface area contributed by atoms with Gasteiger partial charge in [0.15, 0.2) is 6.61 Å². The lowest BCUT2D eigenvalue weighted by atomic mass is 10.1. The van der Waals surface area contributed by atoms with Gasteiger partial charge in [0.25, 0.3) is 5.91 Å². The first-order valence-corrected chi connectivity index (χ1v) is 10.5. The molecule has 4 aromatic rings. The van der Waals surface area contributed by atoms with Gasteiger partial charge in [-0.05, 0) is 35.6 Å². The summed E-state index contributed by atoms with van der Waals surface area (Å²) in [6.07, 6.45) is 1.62. The summed E-state index contributed by atoms with van der Waals surface area (Å²) in [7, 11) is 0. The number of thiophene rings is 1. The van der Waals surface area contributed by atoms with Crippen LogP contribution < -0.4 is 5.32 Å². The van der Waals surface area contributed by atoms with Crippen molar-refractivity contribution in [3.05, 3.63) is 93.9 Å². The highest BCUT2D eigenvalue weighted by molar-refractivity contribution is 7.10. The zero-order chi connectivity index (χ0) is 20.9. The predicted molar refractivity (Wildman–Crippen MR) is 116 cm³/mol. The van der Waals surface area contributed by atoms with Gasteiger partial charge in [-0.2, -0.15) is 0 Å². The third-order valence-corrected chi connectivity index (χ3v) is 5.71. The maximum Gasteiger partial charge on any atom is 0.310 e. The van der Waals surface area contributed by atoms with Crippen molar-refractivity contribution in [3.63, 3.8) is 0 Å². The van der Waals surface area contributed by atoms with Crippen LogP contribution in [-0.4, -0.2) is 18.5 Å². The van der Waals surface area contributed by atoms with Crippen LogP contribution in [0.5, 0.6) is 0 Å². The van der Waals surface area contributed by atoms with Crippen LogP contribution in [0.15, 0.2) is 76.7 Å². The van der Waals surface area contributed by atoms with Crippen molar-refractivity contribution < 1.29 is 18.7 Å². The molecular weight excluding hydrogens is 398 g/mol. The highest BCUT2D eigenvalue weighted by atomic mass is 32.1. The number of furan rings is 1. The Kier molecular flexibility index (Phi) is 5.95. The van der Waals surface area contributed by atoms with Crippen LogP contribution in [0.1, 0.15) is 27.6 Å². The molecule has 0 bridgehead atoms. The van der Waals surface area contributed by atoms with E-state index in [1.54, 1.807) is 17.6 Å². The summed E-state index contributed by atoms with van der Waals surface area (Å²) >= 11 is 1.56. The van der Waals surface area contributed by atoms with Gasteiger partial charge in [0.2, 0.25) is 0 Å². The number of hydrogen-bond donors (Lipinski definition) is 1. The quantitative estimate of drug-likeness (QED) is 0.437. The molecule has 0 aliphatic carbocycles. The minimum absolute atomic E-state index is 0.0520. The lowest BCUT2D eigenvalue weighted by Gasteiger charge is -2.18. The Labute approximate surface area is 178 Å². The first-order valence-electron chi connectivity index (χ1n) is 9.60. The van der Waals surface area contributed by atoms with Crippen molar-refractivity contribution in [3.8, 4) is 0 Å². The van der Waals surface area contributed by atoms with Crippen LogP contribution in [0, 0.1) is 6.92 Å². The average molecular weight is 420 g/mol. The third kappa shape index (κ3) is 4.60. The second-order valence-electron chi connectivity index (χ2n) is 7.02. The molecular formula is C24H21NO4S. The maximum absolute atomic E-state index is 12.5. The van der Waals surface area contributed by atoms with Gasteiger partial charge in [-0.1, -0.05) is 48.5 Å². The van der Waals surface area contributed by atoms with Gasteiger partial charge in [-0.25, -0.2) is 0 Å². The minimum Gasteiger partial charge on any atom is -0.464 e. The Morgan fingerprint density at radius 3 is 2.70 bits per heavy atom. The maximum atomic E-state index is 12.5. The van der Waals surface area contributed by atoms with Crippen molar-refractivity contribution in [1.82, 2.24) is 5.32 Å². The molecule has 2 heterocycles.